The molecule has 154 valence electrons. The van der Waals surface area contributed by atoms with Crippen molar-refractivity contribution >= 4 is 46.1 Å². The van der Waals surface area contributed by atoms with E-state index >= 15 is 0 Å². The number of thioether (sulfide) groups is 1. The summed E-state index contributed by atoms with van der Waals surface area (Å²) in [6.07, 6.45) is 1.06. The summed E-state index contributed by atoms with van der Waals surface area (Å²) in [6.45, 7) is 0.981. The zero-order valence-electron chi connectivity index (χ0n) is 16.8. The lowest BCUT2D eigenvalue weighted by Crippen LogP contribution is -2.14. The predicted molar refractivity (Wildman–Crippen MR) is 130 cm³/mol. The van der Waals surface area contributed by atoms with Gasteiger partial charge in [-0.25, -0.2) is 4.98 Å². The van der Waals surface area contributed by atoms with Crippen LogP contribution in [0.3, 0.4) is 0 Å². The summed E-state index contributed by atoms with van der Waals surface area (Å²) in [5.74, 6) is 0.653. The molecule has 0 spiro atoms. The van der Waals surface area contributed by atoms with E-state index in [4.69, 9.17) is 0 Å². The number of anilines is 3. The fourth-order valence-corrected chi connectivity index (χ4v) is 5.39. The van der Waals surface area contributed by atoms with E-state index in [2.05, 4.69) is 51.6 Å². The first-order chi connectivity index (χ1) is 15.3. The maximum Gasteiger partial charge on any atom is 0.256 e. The van der Waals surface area contributed by atoms with E-state index in [-0.39, 0.29) is 5.91 Å². The lowest BCUT2D eigenvalue weighted by atomic mass is 10.2. The Hall–Kier alpha value is -3.09. The van der Waals surface area contributed by atoms with E-state index < -0.39 is 0 Å². The third kappa shape index (κ3) is 4.36. The van der Waals surface area contributed by atoms with E-state index in [1.54, 1.807) is 23.1 Å². The number of nitrogens with one attached hydrogen (secondary N) is 1. The normalized spacial score (nSPS) is 12.6. The number of thiazole rings is 1. The minimum atomic E-state index is -0.0966. The largest absolute Gasteiger partial charge is 0.341 e. The summed E-state index contributed by atoms with van der Waals surface area (Å²) in [7, 11) is 0. The number of hydrogen-bond donors (Lipinski definition) is 1. The summed E-state index contributed by atoms with van der Waals surface area (Å²) < 4.78 is 0. The Labute approximate surface area is 190 Å². The highest BCUT2D eigenvalue weighted by Gasteiger charge is 2.19. The van der Waals surface area contributed by atoms with Crippen LogP contribution in [0.5, 0.6) is 0 Å². The molecule has 1 amide bonds. The van der Waals surface area contributed by atoms with Crippen LogP contribution in [0, 0.1) is 0 Å². The Bertz CT molecular complexity index is 1190. The maximum atomic E-state index is 13.0. The Balaban J connectivity index is 1.28. The van der Waals surface area contributed by atoms with Crippen LogP contribution in [0.2, 0.25) is 0 Å². The van der Waals surface area contributed by atoms with Gasteiger partial charge in [0.2, 0.25) is 0 Å². The van der Waals surface area contributed by atoms with Crippen molar-refractivity contribution < 1.29 is 4.79 Å². The number of aromatic nitrogens is 1. The predicted octanol–water partition coefficient (Wildman–Crippen LogP) is 6.38. The van der Waals surface area contributed by atoms with E-state index in [1.165, 1.54) is 11.3 Å². The number of benzene rings is 3. The Morgan fingerprint density at radius 3 is 2.68 bits per heavy atom. The van der Waals surface area contributed by atoms with Gasteiger partial charge >= 0.3 is 0 Å². The number of hydrogen-bond acceptors (Lipinski definition) is 5. The standard InChI is InChI=1S/C25H21N3OS2/c29-25(22-6-2-4-8-24(22)31-16-20-15-30-17-26-20)27-19-9-11-21(12-10-19)28-14-13-18-5-1-3-7-23(18)28/h1-12,15,17H,13-14,16H2,(H,27,29). The molecule has 31 heavy (non-hydrogen) atoms. The van der Waals surface area contributed by atoms with Gasteiger partial charge in [0.25, 0.3) is 5.91 Å². The Morgan fingerprint density at radius 1 is 1.03 bits per heavy atom. The second-order valence-electron chi connectivity index (χ2n) is 7.30. The molecule has 3 aromatic carbocycles. The van der Waals surface area contributed by atoms with Crippen molar-refractivity contribution in [2.75, 3.05) is 16.8 Å². The quantitative estimate of drug-likeness (QED) is 0.351. The van der Waals surface area contributed by atoms with Crippen LogP contribution in [0.25, 0.3) is 0 Å². The Kier molecular flexibility index (Phi) is 5.74. The van der Waals surface area contributed by atoms with Crippen molar-refractivity contribution in [3.05, 3.63) is 101 Å². The van der Waals surface area contributed by atoms with Crippen molar-refractivity contribution in [3.63, 3.8) is 0 Å². The van der Waals surface area contributed by atoms with Crippen molar-refractivity contribution in [1.29, 1.82) is 0 Å². The second-order valence-corrected chi connectivity index (χ2v) is 9.03. The molecule has 0 saturated carbocycles. The van der Waals surface area contributed by atoms with Crippen LogP contribution in [-0.2, 0) is 12.2 Å². The minimum absolute atomic E-state index is 0.0966. The summed E-state index contributed by atoms with van der Waals surface area (Å²) in [6, 6.07) is 24.3. The number of carbonyl (C=O) groups excluding carboxylic acids is 1. The van der Waals surface area contributed by atoms with E-state index in [0.29, 0.717) is 5.56 Å². The molecule has 0 saturated heterocycles. The summed E-state index contributed by atoms with van der Waals surface area (Å²) in [5, 5.41) is 5.08. The highest BCUT2D eigenvalue weighted by atomic mass is 32.2. The van der Waals surface area contributed by atoms with Gasteiger partial charge in [0.1, 0.15) is 0 Å². The molecule has 4 nitrogen and oxygen atoms in total. The number of rotatable bonds is 6. The first-order valence-electron chi connectivity index (χ1n) is 10.1. The average Bonchev–Trinajstić information content (AvgIpc) is 3.48. The van der Waals surface area contributed by atoms with Crippen LogP contribution >= 0.6 is 23.1 Å². The lowest BCUT2D eigenvalue weighted by Gasteiger charge is -2.20. The van der Waals surface area contributed by atoms with Crippen molar-refractivity contribution in [1.82, 2.24) is 4.98 Å². The molecule has 1 aliphatic heterocycles. The monoisotopic (exact) mass is 443 g/mol. The van der Waals surface area contributed by atoms with Gasteiger partial charge in [-0.05, 0) is 54.4 Å². The van der Waals surface area contributed by atoms with Crippen molar-refractivity contribution in [2.24, 2.45) is 0 Å². The van der Waals surface area contributed by atoms with Crippen molar-refractivity contribution in [2.45, 2.75) is 17.1 Å². The highest BCUT2D eigenvalue weighted by molar-refractivity contribution is 7.98. The molecule has 0 aliphatic carbocycles. The van der Waals surface area contributed by atoms with Crippen LogP contribution in [-0.4, -0.2) is 17.4 Å². The minimum Gasteiger partial charge on any atom is -0.341 e. The molecule has 0 fully saturated rings. The summed E-state index contributed by atoms with van der Waals surface area (Å²) in [5.41, 5.74) is 8.13. The van der Waals surface area contributed by atoms with Gasteiger partial charge in [0.05, 0.1) is 16.8 Å². The summed E-state index contributed by atoms with van der Waals surface area (Å²) >= 11 is 3.22. The molecule has 0 unspecified atom stereocenters. The number of fused-ring (bicyclic) bond motifs is 1. The SMILES string of the molecule is O=C(Nc1ccc(N2CCc3ccccc32)cc1)c1ccccc1SCc1cscn1. The lowest BCUT2D eigenvalue weighted by molar-refractivity contribution is 0.102. The third-order valence-electron chi connectivity index (χ3n) is 5.31. The molecule has 0 radical (unpaired) electrons. The van der Waals surface area contributed by atoms with Gasteiger partial charge in [0.15, 0.2) is 0 Å². The van der Waals surface area contributed by atoms with Crippen LogP contribution in [0.1, 0.15) is 21.6 Å². The van der Waals surface area contributed by atoms with E-state index in [1.807, 2.05) is 47.3 Å². The molecule has 1 aromatic heterocycles. The zero-order valence-corrected chi connectivity index (χ0v) is 18.5. The molecule has 2 heterocycles. The molecule has 6 heteroatoms. The van der Waals surface area contributed by atoms with Gasteiger partial charge in [0, 0.05) is 39.6 Å². The molecule has 5 rings (SSSR count). The van der Waals surface area contributed by atoms with Crippen molar-refractivity contribution in [3.8, 4) is 0 Å². The van der Waals surface area contributed by atoms with Gasteiger partial charge in [-0.15, -0.1) is 23.1 Å². The van der Waals surface area contributed by atoms with Gasteiger partial charge in [-0.2, -0.15) is 0 Å². The number of nitrogens with zero attached hydrogens (tertiary/aromatic N) is 2. The Morgan fingerprint density at radius 2 is 1.84 bits per heavy atom. The average molecular weight is 444 g/mol. The topological polar surface area (TPSA) is 45.2 Å². The second kappa shape index (κ2) is 8.96. The van der Waals surface area contributed by atoms with Crippen LogP contribution < -0.4 is 10.2 Å². The molecule has 1 N–H and O–H groups in total. The molecule has 1 aliphatic rings. The van der Waals surface area contributed by atoms with E-state index in [0.717, 1.165) is 40.7 Å². The van der Waals surface area contributed by atoms with Gasteiger partial charge < -0.3 is 10.2 Å². The van der Waals surface area contributed by atoms with Gasteiger partial charge in [-0.1, -0.05) is 30.3 Å². The third-order valence-corrected chi connectivity index (χ3v) is 7.06. The fourth-order valence-electron chi connectivity index (χ4n) is 3.77. The molecule has 4 aromatic rings. The highest BCUT2D eigenvalue weighted by Crippen LogP contribution is 2.34. The fraction of sp³-hybridized carbons (Fsp3) is 0.120. The molecular formula is C25H21N3OS2. The summed E-state index contributed by atoms with van der Waals surface area (Å²) in [4.78, 5) is 20.6. The van der Waals surface area contributed by atoms with Crippen LogP contribution in [0.15, 0.2) is 88.6 Å². The number of para-hydroxylation sites is 1. The molecule has 0 bridgehead atoms. The first-order valence-corrected chi connectivity index (χ1v) is 12.1. The number of amides is 1. The smallest absolute Gasteiger partial charge is 0.256 e. The van der Waals surface area contributed by atoms with Crippen LogP contribution in [0.4, 0.5) is 17.1 Å². The molecular weight excluding hydrogens is 422 g/mol. The van der Waals surface area contributed by atoms with E-state index in [9.17, 15) is 4.79 Å². The maximum absolute atomic E-state index is 13.0. The first kappa shape index (κ1) is 19.8. The zero-order chi connectivity index (χ0) is 21.0. The number of carbonyl (C=O) groups is 1. The molecule has 0 atom stereocenters. The van der Waals surface area contributed by atoms with Gasteiger partial charge in [-0.3, -0.25) is 4.79 Å².